The first-order valence-electron chi connectivity index (χ1n) is 7.52. The van der Waals surface area contributed by atoms with Crippen LogP contribution in [-0.4, -0.2) is 29.5 Å². The molecule has 130 valence electrons. The summed E-state index contributed by atoms with van der Waals surface area (Å²) in [6.07, 6.45) is 0.184. The number of rotatable bonds is 8. The number of nitro benzene ring substituents is 1. The first-order chi connectivity index (χ1) is 12.0. The van der Waals surface area contributed by atoms with Gasteiger partial charge in [-0.05, 0) is 5.56 Å². The van der Waals surface area contributed by atoms with Gasteiger partial charge in [0.05, 0.1) is 17.8 Å². The van der Waals surface area contributed by atoms with Crippen LogP contribution in [0.2, 0.25) is 0 Å². The molecule has 0 unspecified atom stereocenters. The molecule has 0 heterocycles. The molecule has 6 nitrogen and oxygen atoms in total. The fourth-order valence-electron chi connectivity index (χ4n) is 2.22. The van der Waals surface area contributed by atoms with Crippen LogP contribution >= 0.6 is 11.8 Å². The van der Waals surface area contributed by atoms with Crippen molar-refractivity contribution in [2.24, 2.45) is 0 Å². The van der Waals surface area contributed by atoms with Crippen molar-refractivity contribution in [1.82, 2.24) is 0 Å². The van der Waals surface area contributed by atoms with Gasteiger partial charge in [-0.3, -0.25) is 19.7 Å². The first kappa shape index (κ1) is 18.7. The van der Waals surface area contributed by atoms with Gasteiger partial charge in [-0.2, -0.15) is 0 Å². The maximum atomic E-state index is 12.5. The van der Waals surface area contributed by atoms with E-state index < -0.39 is 4.92 Å². The summed E-state index contributed by atoms with van der Waals surface area (Å²) in [6, 6.07) is 14.9. The van der Waals surface area contributed by atoms with Crippen molar-refractivity contribution in [3.05, 3.63) is 75.8 Å². The van der Waals surface area contributed by atoms with Crippen molar-refractivity contribution in [3.63, 3.8) is 0 Å². The van der Waals surface area contributed by atoms with Crippen LogP contribution in [0.3, 0.4) is 0 Å². The number of nitro groups is 1. The lowest BCUT2D eigenvalue weighted by atomic mass is 10.0. The summed E-state index contributed by atoms with van der Waals surface area (Å²) in [6.45, 7) is 0. The number of nitrogens with zero attached hydrogens (tertiary/aromatic N) is 1. The maximum Gasteiger partial charge on any atom is 0.315 e. The number of ether oxygens (including phenoxy) is 1. The summed E-state index contributed by atoms with van der Waals surface area (Å²) < 4.78 is 4.64. The molecule has 2 rings (SSSR count). The zero-order chi connectivity index (χ0) is 18.2. The highest BCUT2D eigenvalue weighted by Gasteiger charge is 2.20. The minimum Gasteiger partial charge on any atom is -0.468 e. The van der Waals surface area contributed by atoms with Crippen LogP contribution in [0.25, 0.3) is 0 Å². The molecule has 2 aromatic rings. The van der Waals surface area contributed by atoms with Gasteiger partial charge in [-0.25, -0.2) is 0 Å². The second-order valence-electron chi connectivity index (χ2n) is 5.22. The third-order valence-corrected chi connectivity index (χ3v) is 4.82. The number of carbonyl (C=O) groups excluding carboxylic acids is 2. The number of hydrogen-bond acceptors (Lipinski definition) is 6. The molecular formula is C18H17NO5S. The van der Waals surface area contributed by atoms with E-state index in [0.29, 0.717) is 5.56 Å². The predicted octanol–water partition coefficient (Wildman–Crippen LogP) is 3.82. The van der Waals surface area contributed by atoms with E-state index in [-0.39, 0.29) is 34.9 Å². The number of hydrogen-bond donors (Lipinski definition) is 0. The largest absolute Gasteiger partial charge is 0.468 e. The molecule has 0 saturated heterocycles. The lowest BCUT2D eigenvalue weighted by Crippen LogP contribution is -2.10. The van der Waals surface area contributed by atoms with Gasteiger partial charge in [-0.1, -0.05) is 42.5 Å². The topological polar surface area (TPSA) is 86.5 Å². The average Bonchev–Trinajstić information content (AvgIpc) is 2.65. The standard InChI is InChI=1S/C18H17NO5S/c1-24-18(21)12-25-17(11-16(20)13-5-3-2-4-6-13)14-7-9-15(10-8-14)19(22)23/h2-10,17H,11-12H2,1H3/t17-/m1/s1. The van der Waals surface area contributed by atoms with E-state index in [1.54, 1.807) is 36.4 Å². The number of esters is 1. The molecule has 0 aliphatic carbocycles. The number of carbonyl (C=O) groups is 2. The summed E-state index contributed by atoms with van der Waals surface area (Å²) in [5.74, 6) is -0.342. The molecule has 0 aliphatic heterocycles. The van der Waals surface area contributed by atoms with Crippen LogP contribution < -0.4 is 0 Å². The maximum absolute atomic E-state index is 12.5. The van der Waals surface area contributed by atoms with E-state index in [1.807, 2.05) is 6.07 Å². The monoisotopic (exact) mass is 359 g/mol. The van der Waals surface area contributed by atoms with Gasteiger partial charge >= 0.3 is 5.97 Å². The van der Waals surface area contributed by atoms with Crippen LogP contribution in [0.4, 0.5) is 5.69 Å². The quantitative estimate of drug-likeness (QED) is 0.308. The fraction of sp³-hybridized carbons (Fsp3) is 0.222. The Morgan fingerprint density at radius 2 is 1.76 bits per heavy atom. The number of non-ortho nitro benzene ring substituents is 1. The lowest BCUT2D eigenvalue weighted by molar-refractivity contribution is -0.384. The predicted molar refractivity (Wildman–Crippen MR) is 95.7 cm³/mol. The van der Waals surface area contributed by atoms with Crippen molar-refractivity contribution in [2.75, 3.05) is 12.9 Å². The average molecular weight is 359 g/mol. The molecule has 7 heteroatoms. The summed E-state index contributed by atoms with van der Waals surface area (Å²) in [7, 11) is 1.30. The summed E-state index contributed by atoms with van der Waals surface area (Å²) in [5.41, 5.74) is 1.33. The smallest absolute Gasteiger partial charge is 0.315 e. The van der Waals surface area contributed by atoms with Gasteiger partial charge in [0.2, 0.25) is 0 Å². The molecule has 25 heavy (non-hydrogen) atoms. The first-order valence-corrected chi connectivity index (χ1v) is 8.57. The Morgan fingerprint density at radius 3 is 2.32 bits per heavy atom. The molecule has 0 saturated carbocycles. The second-order valence-corrected chi connectivity index (χ2v) is 6.41. The highest BCUT2D eigenvalue weighted by Crippen LogP contribution is 2.34. The molecule has 0 fully saturated rings. The number of benzene rings is 2. The van der Waals surface area contributed by atoms with E-state index in [4.69, 9.17) is 0 Å². The molecule has 0 aromatic heterocycles. The summed E-state index contributed by atoms with van der Waals surface area (Å²) >= 11 is 1.28. The van der Waals surface area contributed by atoms with Gasteiger partial charge in [-0.15, -0.1) is 11.8 Å². The van der Waals surface area contributed by atoms with E-state index >= 15 is 0 Å². The Labute approximate surface area is 149 Å². The van der Waals surface area contributed by atoms with Crippen LogP contribution in [0.1, 0.15) is 27.6 Å². The summed E-state index contributed by atoms with van der Waals surface area (Å²) in [5, 5.41) is 10.5. The molecule has 0 aliphatic rings. The summed E-state index contributed by atoms with van der Waals surface area (Å²) in [4.78, 5) is 34.2. The Balaban J connectivity index is 2.18. The molecule has 0 amide bonds. The number of thioether (sulfide) groups is 1. The Morgan fingerprint density at radius 1 is 1.12 bits per heavy atom. The zero-order valence-electron chi connectivity index (χ0n) is 13.6. The van der Waals surface area contributed by atoms with Crippen LogP contribution in [0.15, 0.2) is 54.6 Å². The highest BCUT2D eigenvalue weighted by atomic mass is 32.2. The lowest BCUT2D eigenvalue weighted by Gasteiger charge is -2.16. The van der Waals surface area contributed by atoms with Crippen molar-refractivity contribution in [1.29, 1.82) is 0 Å². The normalized spacial score (nSPS) is 11.6. The molecule has 2 aromatic carbocycles. The van der Waals surface area contributed by atoms with Gasteiger partial charge in [0, 0.05) is 29.4 Å². The molecular weight excluding hydrogens is 342 g/mol. The molecule has 0 spiro atoms. The van der Waals surface area contributed by atoms with E-state index in [9.17, 15) is 19.7 Å². The minimum atomic E-state index is -0.477. The number of ketones is 1. The van der Waals surface area contributed by atoms with Crippen molar-refractivity contribution in [3.8, 4) is 0 Å². The van der Waals surface area contributed by atoms with Gasteiger partial charge in [0.15, 0.2) is 5.78 Å². The SMILES string of the molecule is COC(=O)CS[C@H](CC(=O)c1ccccc1)c1ccc([N+](=O)[O-])cc1. The van der Waals surface area contributed by atoms with E-state index in [1.165, 1.54) is 31.0 Å². The number of methoxy groups -OCH3 is 1. The number of Topliss-reactive ketones (excluding diaryl/α,β-unsaturated/α-hetero) is 1. The van der Waals surface area contributed by atoms with Gasteiger partial charge in [0.25, 0.3) is 5.69 Å². The van der Waals surface area contributed by atoms with E-state index in [2.05, 4.69) is 4.74 Å². The molecule has 1 atom stereocenters. The molecule has 0 N–H and O–H groups in total. The Bertz CT molecular complexity index is 746. The zero-order valence-corrected chi connectivity index (χ0v) is 14.4. The van der Waals surface area contributed by atoms with Gasteiger partial charge in [0.1, 0.15) is 0 Å². The fourth-order valence-corrected chi connectivity index (χ4v) is 3.30. The van der Waals surface area contributed by atoms with Crippen molar-refractivity contribution >= 4 is 29.2 Å². The van der Waals surface area contributed by atoms with Crippen LogP contribution in [0.5, 0.6) is 0 Å². The van der Waals surface area contributed by atoms with Gasteiger partial charge < -0.3 is 4.74 Å². The van der Waals surface area contributed by atoms with Crippen LogP contribution in [0, 0.1) is 10.1 Å². The highest BCUT2D eigenvalue weighted by molar-refractivity contribution is 8.00. The minimum absolute atomic E-state index is 0.0187. The second kappa shape index (κ2) is 8.98. The van der Waals surface area contributed by atoms with Crippen molar-refractivity contribution < 1.29 is 19.2 Å². The third kappa shape index (κ3) is 5.42. The van der Waals surface area contributed by atoms with Crippen LogP contribution in [-0.2, 0) is 9.53 Å². The van der Waals surface area contributed by atoms with Crippen molar-refractivity contribution in [2.45, 2.75) is 11.7 Å². The van der Waals surface area contributed by atoms with E-state index in [0.717, 1.165) is 5.56 Å². The molecule has 0 bridgehead atoms. The molecule has 0 radical (unpaired) electrons. The Hall–Kier alpha value is -2.67. The Kier molecular flexibility index (Phi) is 6.71. The third-order valence-electron chi connectivity index (χ3n) is 3.57.